The van der Waals surface area contributed by atoms with E-state index in [2.05, 4.69) is 0 Å². The first-order valence-electron chi connectivity index (χ1n) is 7.17. The maximum Gasteiger partial charge on any atom is 0.390 e. The summed E-state index contributed by atoms with van der Waals surface area (Å²) in [6.45, 7) is 4.98. The van der Waals surface area contributed by atoms with E-state index in [1.165, 1.54) is 13.8 Å². The highest BCUT2D eigenvalue weighted by molar-refractivity contribution is 5.95. The molecule has 0 rings (SSSR count). The second kappa shape index (κ2) is 7.13. The number of rotatable bonds is 7. The number of aliphatic hydroxyl groups excluding tert-OH is 1. The maximum absolute atomic E-state index is 12.6. The molecule has 1 N–H and O–H groups in total. The highest BCUT2D eigenvalue weighted by Gasteiger charge is 2.44. The van der Waals surface area contributed by atoms with Crippen LogP contribution >= 0.6 is 0 Å². The Morgan fingerprint density at radius 2 is 1.22 bits per heavy atom. The third-order valence-electron chi connectivity index (χ3n) is 4.22. The molecule has 8 heteroatoms. The van der Waals surface area contributed by atoms with Crippen LogP contribution in [0.4, 0.5) is 26.3 Å². The molecule has 0 heterocycles. The van der Waals surface area contributed by atoms with Crippen molar-refractivity contribution in [3.8, 4) is 0 Å². The Morgan fingerprint density at radius 3 is 1.52 bits per heavy atom. The molecule has 23 heavy (non-hydrogen) atoms. The van der Waals surface area contributed by atoms with Crippen molar-refractivity contribution in [3.63, 3.8) is 0 Å². The van der Waals surface area contributed by atoms with Crippen molar-refractivity contribution in [1.29, 1.82) is 0 Å². The lowest BCUT2D eigenvalue weighted by atomic mass is 9.76. The highest BCUT2D eigenvalue weighted by atomic mass is 19.4. The third kappa shape index (κ3) is 6.83. The van der Waals surface area contributed by atoms with Crippen LogP contribution in [0.25, 0.3) is 0 Å². The molecule has 0 aromatic heterocycles. The largest absolute Gasteiger partial charge is 0.512 e. The smallest absolute Gasteiger partial charge is 0.390 e. The van der Waals surface area contributed by atoms with Gasteiger partial charge in [-0.15, -0.1) is 0 Å². The first-order chi connectivity index (χ1) is 10.1. The normalized spacial score (nSPS) is 19.1. The fourth-order valence-corrected chi connectivity index (χ4v) is 2.14. The fourth-order valence-electron chi connectivity index (χ4n) is 2.14. The number of allylic oxidation sites excluding steroid dienone is 2. The number of carbonyl (C=O) groups is 1. The molecule has 0 aliphatic heterocycles. The van der Waals surface area contributed by atoms with Crippen LogP contribution in [0.1, 0.15) is 53.4 Å². The van der Waals surface area contributed by atoms with E-state index < -0.39 is 47.6 Å². The summed E-state index contributed by atoms with van der Waals surface area (Å²) in [6.07, 6.45) is -11.7. The van der Waals surface area contributed by atoms with Crippen LogP contribution in [0.5, 0.6) is 0 Å². The van der Waals surface area contributed by atoms with Crippen molar-refractivity contribution in [2.24, 2.45) is 10.8 Å². The van der Waals surface area contributed by atoms with E-state index in [9.17, 15) is 36.2 Å². The third-order valence-corrected chi connectivity index (χ3v) is 4.22. The first kappa shape index (κ1) is 21.8. The van der Waals surface area contributed by atoms with E-state index in [0.29, 0.717) is 6.08 Å². The molecule has 136 valence electrons. The summed E-state index contributed by atoms with van der Waals surface area (Å²) >= 11 is 0. The molecule has 0 amide bonds. The molecule has 0 aliphatic rings. The molecule has 0 fully saturated rings. The predicted molar refractivity (Wildman–Crippen MR) is 73.9 cm³/mol. The Balaban J connectivity index is 5.53. The Hall–Kier alpha value is -1.21. The van der Waals surface area contributed by atoms with Gasteiger partial charge in [0.1, 0.15) is 5.76 Å². The zero-order valence-electron chi connectivity index (χ0n) is 13.5. The standard InChI is InChI=1S/C15H22F6O2/c1-5-12(3,8-14(16,17)18)10(22)7-11(23)13(4,6-2)9-15(19,20)21/h7,22H,5-6,8-9H2,1-4H3/b10-7-. The van der Waals surface area contributed by atoms with E-state index >= 15 is 0 Å². The van der Waals surface area contributed by atoms with Gasteiger partial charge in [0.2, 0.25) is 0 Å². The number of aliphatic hydroxyl groups is 1. The van der Waals surface area contributed by atoms with Crippen LogP contribution in [0.15, 0.2) is 11.8 Å². The quantitative estimate of drug-likeness (QED) is 0.362. The van der Waals surface area contributed by atoms with Crippen LogP contribution in [0.3, 0.4) is 0 Å². The van der Waals surface area contributed by atoms with Crippen molar-refractivity contribution in [2.75, 3.05) is 0 Å². The van der Waals surface area contributed by atoms with E-state index in [-0.39, 0.29) is 12.8 Å². The zero-order chi connectivity index (χ0) is 18.7. The number of alkyl halides is 6. The predicted octanol–water partition coefficient (Wildman–Crippen LogP) is 5.73. The van der Waals surface area contributed by atoms with Crippen LogP contribution in [0, 0.1) is 10.8 Å². The Kier molecular flexibility index (Phi) is 6.76. The minimum absolute atomic E-state index is 0.121. The van der Waals surface area contributed by atoms with E-state index in [4.69, 9.17) is 0 Å². The number of hydrogen-bond donors (Lipinski definition) is 1. The lowest BCUT2D eigenvalue weighted by Gasteiger charge is -2.30. The van der Waals surface area contributed by atoms with Crippen molar-refractivity contribution in [3.05, 3.63) is 11.8 Å². The summed E-state index contributed by atoms with van der Waals surface area (Å²) < 4.78 is 75.5. The zero-order valence-corrected chi connectivity index (χ0v) is 13.5. The fraction of sp³-hybridized carbons (Fsp3) is 0.800. The van der Waals surface area contributed by atoms with Crippen molar-refractivity contribution < 1.29 is 36.2 Å². The highest BCUT2D eigenvalue weighted by Crippen LogP contribution is 2.42. The van der Waals surface area contributed by atoms with Gasteiger partial charge in [-0.25, -0.2) is 0 Å². The summed E-state index contributed by atoms with van der Waals surface area (Å²) in [6, 6.07) is 0. The second-order valence-electron chi connectivity index (χ2n) is 6.31. The molecule has 0 aromatic rings. The van der Waals surface area contributed by atoms with Gasteiger partial charge in [0.25, 0.3) is 0 Å². The maximum atomic E-state index is 12.6. The summed E-state index contributed by atoms with van der Waals surface area (Å²) in [5.74, 6) is -1.87. The van der Waals surface area contributed by atoms with Gasteiger partial charge in [0, 0.05) is 16.9 Å². The van der Waals surface area contributed by atoms with E-state index in [1.807, 2.05) is 0 Å². The summed E-state index contributed by atoms with van der Waals surface area (Å²) in [5, 5.41) is 9.92. The van der Waals surface area contributed by atoms with Gasteiger partial charge in [-0.3, -0.25) is 4.79 Å². The SMILES string of the molecule is CCC(C)(CC(F)(F)F)C(=O)/C=C(\O)C(C)(CC)CC(F)(F)F. The average molecular weight is 348 g/mol. The van der Waals surface area contributed by atoms with Crippen LogP contribution in [-0.2, 0) is 4.79 Å². The Morgan fingerprint density at radius 1 is 0.870 bits per heavy atom. The molecule has 0 radical (unpaired) electrons. The monoisotopic (exact) mass is 348 g/mol. The lowest BCUT2D eigenvalue weighted by Crippen LogP contribution is -2.33. The molecular weight excluding hydrogens is 326 g/mol. The Bertz CT molecular complexity index is 452. The van der Waals surface area contributed by atoms with Gasteiger partial charge in [0.05, 0.1) is 12.8 Å². The van der Waals surface area contributed by atoms with Gasteiger partial charge in [-0.1, -0.05) is 27.7 Å². The first-order valence-corrected chi connectivity index (χ1v) is 7.17. The second-order valence-corrected chi connectivity index (χ2v) is 6.31. The minimum Gasteiger partial charge on any atom is -0.512 e. The van der Waals surface area contributed by atoms with Crippen LogP contribution < -0.4 is 0 Å². The summed E-state index contributed by atoms with van der Waals surface area (Å²) in [5.41, 5.74) is -3.57. The van der Waals surface area contributed by atoms with Gasteiger partial charge in [0.15, 0.2) is 5.78 Å². The number of carbonyl (C=O) groups excluding carboxylic acids is 1. The molecule has 0 bridgehead atoms. The molecule has 0 aliphatic carbocycles. The van der Waals surface area contributed by atoms with Gasteiger partial charge in [-0.05, 0) is 12.8 Å². The molecular formula is C15H22F6O2. The number of halogens is 6. The minimum atomic E-state index is -4.59. The molecule has 2 atom stereocenters. The summed E-state index contributed by atoms with van der Waals surface area (Å²) in [4.78, 5) is 12.1. The van der Waals surface area contributed by atoms with Crippen LogP contribution in [0.2, 0.25) is 0 Å². The molecule has 0 aromatic carbocycles. The molecule has 2 nitrogen and oxygen atoms in total. The van der Waals surface area contributed by atoms with Gasteiger partial charge >= 0.3 is 12.4 Å². The molecule has 0 spiro atoms. The van der Waals surface area contributed by atoms with Gasteiger partial charge < -0.3 is 5.11 Å². The molecule has 0 saturated carbocycles. The van der Waals surface area contributed by atoms with Crippen LogP contribution in [-0.4, -0.2) is 23.2 Å². The van der Waals surface area contributed by atoms with E-state index in [1.54, 1.807) is 0 Å². The summed E-state index contributed by atoms with van der Waals surface area (Å²) in [7, 11) is 0. The Labute approximate surface area is 131 Å². The van der Waals surface area contributed by atoms with E-state index in [0.717, 1.165) is 13.8 Å². The topological polar surface area (TPSA) is 37.3 Å². The average Bonchev–Trinajstić information content (AvgIpc) is 2.34. The lowest BCUT2D eigenvalue weighted by molar-refractivity contribution is -0.164. The van der Waals surface area contributed by atoms with Gasteiger partial charge in [-0.2, -0.15) is 26.3 Å². The number of ketones is 1. The number of hydrogen-bond acceptors (Lipinski definition) is 2. The van der Waals surface area contributed by atoms with Crippen molar-refractivity contribution >= 4 is 5.78 Å². The molecule has 2 unspecified atom stereocenters. The van der Waals surface area contributed by atoms with Crippen molar-refractivity contribution in [1.82, 2.24) is 0 Å². The van der Waals surface area contributed by atoms with Crippen molar-refractivity contribution in [2.45, 2.75) is 65.7 Å². The molecule has 0 saturated heterocycles.